The van der Waals surface area contributed by atoms with Gasteiger partial charge in [-0.05, 0) is 108 Å². The van der Waals surface area contributed by atoms with E-state index in [-0.39, 0.29) is 33.8 Å². The number of nitrogens with two attached hydrogens (primary N) is 2. The SMILES string of the molecule is CS(=N)(=O)c1ccc(Cn2c(=O)n(CC(N)=O)c(=O)c3c2nc(-c2ccccc2Cl)n3-c2ccc(Cl)cc2)cc1.CS(=O)(=NC(=O)C(F)(F)F)c1ccc(CBr)cc1.NC(=O)Cn1c(=O)[nH]c2nc(-c3ccccc3Cl)n(-c3ccc(Cl)cc3)c2c1=O. The van der Waals surface area contributed by atoms with Crippen molar-refractivity contribution in [3.63, 3.8) is 0 Å². The third kappa shape index (κ3) is 14.5. The third-order valence-electron chi connectivity index (χ3n) is 12.6. The number of imidazole rings is 2. The van der Waals surface area contributed by atoms with Crippen molar-refractivity contribution in [2.75, 3.05) is 12.5 Å². The molecule has 10 aromatic rings. The summed E-state index contributed by atoms with van der Waals surface area (Å²) in [5, 5.41) is 2.34. The Morgan fingerprint density at radius 1 is 0.621 bits per heavy atom. The molecule has 6 N–H and O–H groups in total. The van der Waals surface area contributed by atoms with Gasteiger partial charge in [0.25, 0.3) is 11.1 Å². The zero-order chi connectivity index (χ0) is 63.4. The van der Waals surface area contributed by atoms with Crippen LogP contribution >= 0.6 is 62.3 Å². The Bertz CT molecular complexity index is 4850. The maximum absolute atomic E-state index is 13.8. The number of carbonyl (C=O) groups excluding carboxylic acids is 3. The van der Waals surface area contributed by atoms with Crippen LogP contribution in [-0.4, -0.2) is 82.6 Å². The first-order valence-corrected chi connectivity index (χ1v) is 31.4. The Morgan fingerprint density at radius 3 is 1.54 bits per heavy atom. The van der Waals surface area contributed by atoms with Crippen molar-refractivity contribution in [1.82, 2.24) is 37.8 Å². The van der Waals surface area contributed by atoms with Crippen LogP contribution in [0.3, 0.4) is 0 Å². The lowest BCUT2D eigenvalue weighted by Crippen LogP contribution is -2.43. The number of benzene rings is 6. The standard InChI is InChI=1S/C27H22Cl2N6O4S.C19H13Cl2N5O3.C10H9BrF3NO2S/c1-40(31,39)19-12-6-16(7-13-19)14-33-25-23(26(37)34(27(33)38)15-22(30)36)35(18-10-8-17(28)9-11-18)24(32-25)20-4-2-3-5-21(20)29;20-10-5-7-11(8-6-10)26-15-16(23-17(26)12-3-1-2-4-13(12)21)24-19(29)25(18(15)28)9-14(22)27;1-18(17,15-9(16)10(12,13)14)8-4-2-7(6-11)3-5-8/h2-13,31H,14-15H2,1H3,(H2,30,36);1-8H,9H2,(H2,22,27)(H,24,29);2-5H,6H2,1H3. The quantitative estimate of drug-likeness (QED) is 0.0788. The molecular formula is C56H44BrCl4F3N12O9S2. The van der Waals surface area contributed by atoms with E-state index in [1.807, 2.05) is 0 Å². The van der Waals surface area contributed by atoms with E-state index in [1.165, 1.54) is 23.0 Å². The zero-order valence-corrected chi connectivity index (χ0v) is 51.2. The van der Waals surface area contributed by atoms with Gasteiger partial charge in [0.2, 0.25) is 11.8 Å². The number of aromatic amines is 1. The molecule has 450 valence electrons. The van der Waals surface area contributed by atoms with E-state index in [9.17, 15) is 55.2 Å². The average molecular weight is 1370 g/mol. The van der Waals surface area contributed by atoms with E-state index < -0.39 is 78.9 Å². The second-order valence-corrected chi connectivity index (χ2v) is 25.5. The number of alkyl halides is 4. The lowest BCUT2D eigenvalue weighted by atomic mass is 10.2. The van der Waals surface area contributed by atoms with E-state index in [2.05, 4.69) is 30.3 Å². The Labute approximate surface area is 518 Å². The minimum Gasteiger partial charge on any atom is -0.368 e. The van der Waals surface area contributed by atoms with Crippen molar-refractivity contribution < 1.29 is 36.0 Å². The van der Waals surface area contributed by atoms with Crippen molar-refractivity contribution in [1.29, 1.82) is 4.78 Å². The molecule has 4 aromatic heterocycles. The van der Waals surface area contributed by atoms with Gasteiger partial charge in [0.05, 0.1) is 36.0 Å². The van der Waals surface area contributed by atoms with Crippen LogP contribution in [0, 0.1) is 4.78 Å². The lowest BCUT2D eigenvalue weighted by Gasteiger charge is -2.13. The number of carbonyl (C=O) groups is 3. The Hall–Kier alpha value is -8.44. The fraction of sp³-hybridized carbons (Fsp3) is 0.125. The van der Waals surface area contributed by atoms with Crippen molar-refractivity contribution in [3.8, 4) is 34.2 Å². The molecule has 0 aliphatic rings. The Balaban J connectivity index is 0.000000183. The number of nitrogens with zero attached hydrogens (tertiary/aromatic N) is 8. The fourth-order valence-electron chi connectivity index (χ4n) is 8.53. The van der Waals surface area contributed by atoms with E-state index >= 15 is 0 Å². The monoisotopic (exact) mass is 1370 g/mol. The van der Waals surface area contributed by atoms with Gasteiger partial charge in [-0.25, -0.2) is 41.9 Å². The molecule has 3 amide bonds. The Kier molecular flexibility index (Phi) is 19.5. The van der Waals surface area contributed by atoms with Crippen LogP contribution in [0.1, 0.15) is 11.1 Å². The lowest BCUT2D eigenvalue weighted by molar-refractivity contribution is -0.169. The van der Waals surface area contributed by atoms with Crippen LogP contribution in [-0.2, 0) is 58.8 Å². The van der Waals surface area contributed by atoms with Crippen molar-refractivity contribution >= 4 is 122 Å². The van der Waals surface area contributed by atoms with Crippen LogP contribution in [0.25, 0.3) is 56.5 Å². The van der Waals surface area contributed by atoms with Gasteiger partial charge in [-0.15, -0.1) is 4.36 Å². The summed E-state index contributed by atoms with van der Waals surface area (Å²) in [4.78, 5) is 98.9. The van der Waals surface area contributed by atoms with E-state index in [0.717, 1.165) is 21.0 Å². The summed E-state index contributed by atoms with van der Waals surface area (Å²) in [6.45, 7) is -1.25. The van der Waals surface area contributed by atoms with E-state index in [4.69, 9.17) is 67.6 Å². The van der Waals surface area contributed by atoms with Crippen LogP contribution < -0.4 is 34.0 Å². The first-order valence-electron chi connectivity index (χ1n) is 24.9. The average Bonchev–Trinajstić information content (AvgIpc) is 1.72. The molecule has 87 heavy (non-hydrogen) atoms. The van der Waals surface area contributed by atoms with Crippen LogP contribution in [0.4, 0.5) is 13.2 Å². The highest BCUT2D eigenvalue weighted by molar-refractivity contribution is 9.08. The van der Waals surface area contributed by atoms with Gasteiger partial charge in [-0.3, -0.25) is 42.7 Å². The molecule has 31 heteroatoms. The summed E-state index contributed by atoms with van der Waals surface area (Å²) < 4.78 is 76.6. The molecule has 0 radical (unpaired) electrons. The molecule has 0 bridgehead atoms. The molecule has 4 heterocycles. The van der Waals surface area contributed by atoms with Crippen molar-refractivity contribution in [3.05, 3.63) is 218 Å². The second kappa shape index (κ2) is 26.3. The normalized spacial score (nSPS) is 12.7. The van der Waals surface area contributed by atoms with Crippen LogP contribution in [0.15, 0.2) is 179 Å². The number of hydrogen-bond donors (Lipinski definition) is 4. The molecule has 2 unspecified atom stereocenters. The van der Waals surface area contributed by atoms with Gasteiger partial charge in [0.1, 0.15) is 24.7 Å². The zero-order valence-electron chi connectivity index (χ0n) is 44.9. The molecular weight excluding hydrogens is 1330 g/mol. The predicted octanol–water partition coefficient (Wildman–Crippen LogP) is 9.35. The van der Waals surface area contributed by atoms with Crippen LogP contribution in [0.5, 0.6) is 0 Å². The van der Waals surface area contributed by atoms with Crippen LogP contribution in [0.2, 0.25) is 20.1 Å². The van der Waals surface area contributed by atoms with Gasteiger partial charge in [0.15, 0.2) is 22.3 Å². The van der Waals surface area contributed by atoms with Gasteiger partial charge in [0, 0.05) is 60.2 Å². The minimum absolute atomic E-state index is 0.0254. The summed E-state index contributed by atoms with van der Waals surface area (Å²) in [6.07, 6.45) is -2.79. The highest BCUT2D eigenvalue weighted by atomic mass is 79.9. The number of primary amides is 2. The minimum atomic E-state index is -5.10. The maximum atomic E-state index is 13.8. The van der Waals surface area contributed by atoms with Gasteiger partial charge < -0.3 is 11.5 Å². The smallest absolute Gasteiger partial charge is 0.368 e. The van der Waals surface area contributed by atoms with E-state index in [1.54, 1.807) is 143 Å². The molecule has 0 aliphatic heterocycles. The summed E-state index contributed by atoms with van der Waals surface area (Å²) in [7, 11) is -6.31. The van der Waals surface area contributed by atoms with Gasteiger partial charge in [-0.2, -0.15) is 13.2 Å². The van der Waals surface area contributed by atoms with Crippen molar-refractivity contribution in [2.45, 2.75) is 40.9 Å². The number of fused-ring (bicyclic) bond motifs is 2. The highest BCUT2D eigenvalue weighted by Crippen LogP contribution is 2.34. The Morgan fingerprint density at radius 2 is 1.07 bits per heavy atom. The molecule has 6 aromatic carbocycles. The number of H-pyrrole nitrogens is 1. The van der Waals surface area contributed by atoms with Gasteiger partial charge >= 0.3 is 23.5 Å². The molecule has 0 saturated heterocycles. The number of halogens is 8. The summed E-state index contributed by atoms with van der Waals surface area (Å²) in [5.74, 6) is -3.38. The second-order valence-electron chi connectivity index (χ2n) is 18.8. The van der Waals surface area contributed by atoms with E-state index in [0.29, 0.717) is 70.0 Å². The highest BCUT2D eigenvalue weighted by Gasteiger charge is 2.39. The number of aromatic nitrogens is 8. The topological polar surface area (TPSA) is 308 Å². The first-order chi connectivity index (χ1) is 41.0. The number of amides is 3. The summed E-state index contributed by atoms with van der Waals surface area (Å²) in [5.41, 5.74) is 11.4. The third-order valence-corrected chi connectivity index (χ3v) is 17.2. The number of rotatable bonds is 13. The molecule has 0 aliphatic carbocycles. The number of nitrogens with one attached hydrogen (secondary N) is 2. The number of hydrogen-bond acceptors (Lipinski definition) is 12. The van der Waals surface area contributed by atoms with Gasteiger partial charge in [-0.1, -0.05) is 111 Å². The molecule has 0 fully saturated rings. The molecule has 0 spiro atoms. The predicted molar refractivity (Wildman–Crippen MR) is 330 cm³/mol. The maximum Gasteiger partial charge on any atom is 0.474 e. The first kappa shape index (κ1) is 64.6. The summed E-state index contributed by atoms with van der Waals surface area (Å²) >= 11 is 28.2. The largest absolute Gasteiger partial charge is 0.474 e. The fourth-order valence-corrected chi connectivity index (χ4v) is 11.4. The van der Waals surface area contributed by atoms with Crippen molar-refractivity contribution in [2.24, 2.45) is 15.8 Å². The molecule has 10 rings (SSSR count). The summed E-state index contributed by atoms with van der Waals surface area (Å²) in [6, 6.07) is 39.7. The molecule has 0 saturated carbocycles. The molecule has 21 nitrogen and oxygen atoms in total. The molecule has 2 atom stereocenters.